The van der Waals surface area contributed by atoms with Gasteiger partial charge in [0.25, 0.3) is 5.91 Å². The Labute approximate surface area is 186 Å². The molecule has 2 aromatic carbocycles. The molecule has 162 valence electrons. The molecular formula is C23H18N2O6S. The molecule has 1 unspecified atom stereocenters. The average Bonchev–Trinajstić information content (AvgIpc) is 3.38. The molecule has 0 saturated heterocycles. The van der Waals surface area contributed by atoms with E-state index in [1.165, 1.54) is 18.4 Å². The van der Waals surface area contributed by atoms with Crippen molar-refractivity contribution in [2.24, 2.45) is 0 Å². The van der Waals surface area contributed by atoms with Crippen LogP contribution in [0.2, 0.25) is 0 Å². The van der Waals surface area contributed by atoms with E-state index in [-0.39, 0.29) is 18.1 Å². The SMILES string of the molecule is COC(=O)c1c(C)oc(NC(=O)C2COc3ccccc3O2)c1-c1nc2ccccc2s1. The molecule has 0 aliphatic carbocycles. The molecule has 1 N–H and O–H groups in total. The fourth-order valence-electron chi connectivity index (χ4n) is 3.50. The Hall–Kier alpha value is -3.85. The van der Waals surface area contributed by atoms with Crippen LogP contribution in [0.3, 0.4) is 0 Å². The van der Waals surface area contributed by atoms with Gasteiger partial charge in [-0.15, -0.1) is 11.3 Å². The first-order valence-corrected chi connectivity index (χ1v) is 10.6. The average molecular weight is 450 g/mol. The highest BCUT2D eigenvalue weighted by Gasteiger charge is 2.32. The molecule has 1 atom stereocenters. The number of aromatic nitrogens is 1. The number of thiazole rings is 1. The summed E-state index contributed by atoms with van der Waals surface area (Å²) in [6.45, 7) is 1.68. The van der Waals surface area contributed by atoms with Gasteiger partial charge in [-0.3, -0.25) is 10.1 Å². The van der Waals surface area contributed by atoms with E-state index in [1.54, 1.807) is 25.1 Å². The number of hydrogen-bond donors (Lipinski definition) is 1. The molecule has 0 spiro atoms. The van der Waals surface area contributed by atoms with Gasteiger partial charge in [-0.05, 0) is 31.2 Å². The maximum Gasteiger partial charge on any atom is 0.342 e. The standard InChI is InChI=1S/C23H18N2O6S/c1-12-18(23(27)28-2)19(22-24-13-7-3-6-10-17(13)32-22)21(30-12)25-20(26)16-11-29-14-8-4-5-9-15(14)31-16/h3-10,16H,11H2,1-2H3,(H,25,26). The van der Waals surface area contributed by atoms with E-state index in [4.69, 9.17) is 18.6 Å². The second kappa shape index (κ2) is 8.01. The number of para-hydroxylation sites is 3. The monoisotopic (exact) mass is 450 g/mol. The lowest BCUT2D eigenvalue weighted by Gasteiger charge is -2.25. The van der Waals surface area contributed by atoms with Gasteiger partial charge in [-0.2, -0.15) is 0 Å². The van der Waals surface area contributed by atoms with Crippen LogP contribution >= 0.6 is 11.3 Å². The fraction of sp³-hybridized carbons (Fsp3) is 0.174. The third kappa shape index (κ3) is 3.46. The zero-order valence-corrected chi connectivity index (χ0v) is 18.0. The number of ether oxygens (including phenoxy) is 3. The van der Waals surface area contributed by atoms with Gasteiger partial charge in [0.1, 0.15) is 22.9 Å². The van der Waals surface area contributed by atoms with Crippen molar-refractivity contribution in [1.82, 2.24) is 4.98 Å². The molecule has 0 saturated carbocycles. The van der Waals surface area contributed by atoms with E-state index >= 15 is 0 Å². The molecule has 1 aliphatic heterocycles. The summed E-state index contributed by atoms with van der Waals surface area (Å²) < 4.78 is 23.1. The molecule has 3 heterocycles. The van der Waals surface area contributed by atoms with Crippen molar-refractivity contribution in [3.05, 3.63) is 59.9 Å². The number of aryl methyl sites for hydroxylation is 1. The third-order valence-electron chi connectivity index (χ3n) is 5.02. The first-order valence-electron chi connectivity index (χ1n) is 9.82. The van der Waals surface area contributed by atoms with Gasteiger partial charge in [0.2, 0.25) is 12.0 Å². The van der Waals surface area contributed by atoms with E-state index in [2.05, 4.69) is 10.3 Å². The van der Waals surface area contributed by atoms with Gasteiger partial charge in [0.15, 0.2) is 11.5 Å². The number of methoxy groups -OCH3 is 1. The number of furan rings is 1. The molecular weight excluding hydrogens is 432 g/mol. The minimum Gasteiger partial charge on any atom is -0.485 e. The van der Waals surface area contributed by atoms with Crippen molar-refractivity contribution in [3.63, 3.8) is 0 Å². The van der Waals surface area contributed by atoms with E-state index in [9.17, 15) is 9.59 Å². The number of benzene rings is 2. The van der Waals surface area contributed by atoms with Gasteiger partial charge >= 0.3 is 5.97 Å². The van der Waals surface area contributed by atoms with Crippen LogP contribution in [0.5, 0.6) is 11.5 Å². The first kappa shape index (κ1) is 20.1. The van der Waals surface area contributed by atoms with Crippen LogP contribution in [0.1, 0.15) is 16.1 Å². The summed E-state index contributed by atoms with van der Waals surface area (Å²) in [6, 6.07) is 14.7. The van der Waals surface area contributed by atoms with Crippen molar-refractivity contribution in [1.29, 1.82) is 0 Å². The van der Waals surface area contributed by atoms with Crippen molar-refractivity contribution < 1.29 is 28.2 Å². The highest BCUT2D eigenvalue weighted by Crippen LogP contribution is 2.41. The smallest absolute Gasteiger partial charge is 0.342 e. The molecule has 9 heteroatoms. The zero-order valence-electron chi connectivity index (χ0n) is 17.2. The van der Waals surface area contributed by atoms with E-state index in [0.29, 0.717) is 27.8 Å². The van der Waals surface area contributed by atoms with Gasteiger partial charge < -0.3 is 18.6 Å². The van der Waals surface area contributed by atoms with Gasteiger partial charge in [0, 0.05) is 0 Å². The molecule has 0 radical (unpaired) electrons. The van der Waals surface area contributed by atoms with E-state index in [0.717, 1.165) is 10.2 Å². The molecule has 32 heavy (non-hydrogen) atoms. The van der Waals surface area contributed by atoms with Gasteiger partial charge in [0.05, 0.1) is 22.9 Å². The van der Waals surface area contributed by atoms with E-state index < -0.39 is 18.0 Å². The summed E-state index contributed by atoms with van der Waals surface area (Å²) in [5, 5.41) is 3.27. The summed E-state index contributed by atoms with van der Waals surface area (Å²) in [5.74, 6) is 0.436. The Bertz CT molecular complexity index is 1310. The van der Waals surface area contributed by atoms with Crippen LogP contribution < -0.4 is 14.8 Å². The van der Waals surface area contributed by atoms with Crippen LogP contribution in [0.25, 0.3) is 20.8 Å². The summed E-state index contributed by atoms with van der Waals surface area (Å²) in [4.78, 5) is 30.1. The minimum absolute atomic E-state index is 0.0445. The second-order valence-corrected chi connectivity index (χ2v) is 8.10. The summed E-state index contributed by atoms with van der Waals surface area (Å²) in [5.41, 5.74) is 1.37. The quantitative estimate of drug-likeness (QED) is 0.459. The highest BCUT2D eigenvalue weighted by atomic mass is 32.1. The summed E-state index contributed by atoms with van der Waals surface area (Å²) in [6.07, 6.45) is -0.889. The topological polar surface area (TPSA) is 99.9 Å². The third-order valence-corrected chi connectivity index (χ3v) is 6.07. The number of rotatable bonds is 4. The predicted octanol–water partition coefficient (Wildman–Crippen LogP) is 4.43. The summed E-state index contributed by atoms with van der Waals surface area (Å²) >= 11 is 1.39. The molecule has 1 aliphatic rings. The number of anilines is 1. The number of fused-ring (bicyclic) bond motifs is 2. The lowest BCUT2D eigenvalue weighted by atomic mass is 10.1. The Kier molecular flexibility index (Phi) is 5.02. The van der Waals surface area contributed by atoms with Crippen LogP contribution in [0.4, 0.5) is 5.88 Å². The first-order chi connectivity index (χ1) is 15.5. The van der Waals surface area contributed by atoms with E-state index in [1.807, 2.05) is 30.3 Å². The summed E-state index contributed by atoms with van der Waals surface area (Å²) in [7, 11) is 1.29. The number of nitrogens with one attached hydrogen (secondary N) is 1. The molecule has 5 rings (SSSR count). The maximum absolute atomic E-state index is 13.0. The Morgan fingerprint density at radius 2 is 1.88 bits per heavy atom. The normalized spacial score (nSPS) is 14.9. The molecule has 0 fully saturated rings. The van der Waals surface area contributed by atoms with Crippen LogP contribution in [-0.2, 0) is 9.53 Å². The minimum atomic E-state index is -0.889. The Balaban J connectivity index is 1.51. The highest BCUT2D eigenvalue weighted by molar-refractivity contribution is 7.21. The molecule has 1 amide bonds. The second-order valence-electron chi connectivity index (χ2n) is 7.07. The largest absolute Gasteiger partial charge is 0.485 e. The number of esters is 1. The van der Waals surface area contributed by atoms with Crippen molar-refractivity contribution in [2.75, 3.05) is 19.0 Å². The maximum atomic E-state index is 13.0. The number of nitrogens with zero attached hydrogens (tertiary/aromatic N) is 1. The molecule has 8 nitrogen and oxygen atoms in total. The van der Waals surface area contributed by atoms with Crippen molar-refractivity contribution >= 4 is 39.3 Å². The fourth-order valence-corrected chi connectivity index (χ4v) is 4.52. The lowest BCUT2D eigenvalue weighted by Crippen LogP contribution is -2.40. The Morgan fingerprint density at radius 1 is 1.12 bits per heavy atom. The molecule has 4 aromatic rings. The predicted molar refractivity (Wildman–Crippen MR) is 118 cm³/mol. The van der Waals surface area contributed by atoms with Crippen molar-refractivity contribution in [2.45, 2.75) is 13.0 Å². The number of carbonyl (C=O) groups is 2. The lowest BCUT2D eigenvalue weighted by molar-refractivity contribution is -0.125. The zero-order chi connectivity index (χ0) is 22.2. The van der Waals surface area contributed by atoms with Crippen LogP contribution in [-0.4, -0.2) is 36.7 Å². The van der Waals surface area contributed by atoms with Crippen molar-refractivity contribution in [3.8, 4) is 22.1 Å². The Morgan fingerprint density at radius 3 is 2.66 bits per heavy atom. The van der Waals surface area contributed by atoms with Crippen LogP contribution in [0.15, 0.2) is 52.9 Å². The van der Waals surface area contributed by atoms with Crippen LogP contribution in [0, 0.1) is 6.92 Å². The molecule has 0 bridgehead atoms. The number of hydrogen-bond acceptors (Lipinski definition) is 8. The number of amides is 1. The molecule has 2 aromatic heterocycles. The van der Waals surface area contributed by atoms with Gasteiger partial charge in [-0.25, -0.2) is 9.78 Å². The van der Waals surface area contributed by atoms with Gasteiger partial charge in [-0.1, -0.05) is 24.3 Å². The number of carbonyl (C=O) groups excluding carboxylic acids is 2.